The van der Waals surface area contributed by atoms with Crippen LogP contribution in [0, 0.1) is 11.8 Å². The molecular formula is C15H30N2. The summed E-state index contributed by atoms with van der Waals surface area (Å²) >= 11 is 0. The van der Waals surface area contributed by atoms with Crippen molar-refractivity contribution in [2.24, 2.45) is 11.8 Å². The minimum absolute atomic E-state index is 0.793. The molecule has 2 rings (SSSR count). The highest BCUT2D eigenvalue weighted by Gasteiger charge is 2.35. The maximum Gasteiger partial charge on any atom is 0.0224 e. The fourth-order valence-electron chi connectivity index (χ4n) is 4.15. The van der Waals surface area contributed by atoms with Gasteiger partial charge >= 0.3 is 0 Å². The van der Waals surface area contributed by atoms with Crippen LogP contribution >= 0.6 is 0 Å². The summed E-state index contributed by atoms with van der Waals surface area (Å²) in [5.74, 6) is 1.78. The van der Waals surface area contributed by atoms with Crippen molar-refractivity contribution in [1.82, 2.24) is 10.2 Å². The van der Waals surface area contributed by atoms with E-state index in [-0.39, 0.29) is 0 Å². The summed E-state index contributed by atoms with van der Waals surface area (Å²) in [4.78, 5) is 2.82. The van der Waals surface area contributed by atoms with E-state index >= 15 is 0 Å². The smallest absolute Gasteiger partial charge is 0.0224 e. The van der Waals surface area contributed by atoms with Gasteiger partial charge in [0.15, 0.2) is 0 Å². The molecule has 0 aromatic heterocycles. The highest BCUT2D eigenvalue weighted by molar-refractivity contribution is 4.90. The van der Waals surface area contributed by atoms with Crippen LogP contribution in [-0.4, -0.2) is 36.6 Å². The molecule has 2 heteroatoms. The molecule has 0 amide bonds. The maximum absolute atomic E-state index is 3.58. The number of nitrogens with one attached hydrogen (secondary N) is 1. The van der Waals surface area contributed by atoms with E-state index in [9.17, 15) is 0 Å². The van der Waals surface area contributed by atoms with Gasteiger partial charge in [0, 0.05) is 18.6 Å². The highest BCUT2D eigenvalue weighted by atomic mass is 15.2. The van der Waals surface area contributed by atoms with Crippen molar-refractivity contribution >= 4 is 0 Å². The van der Waals surface area contributed by atoms with E-state index in [2.05, 4.69) is 31.0 Å². The zero-order chi connectivity index (χ0) is 12.3. The molecule has 2 fully saturated rings. The van der Waals surface area contributed by atoms with Crippen LogP contribution in [0.25, 0.3) is 0 Å². The van der Waals surface area contributed by atoms with Gasteiger partial charge in [0.25, 0.3) is 0 Å². The monoisotopic (exact) mass is 238 g/mol. The fourth-order valence-corrected chi connectivity index (χ4v) is 4.15. The Hall–Kier alpha value is -0.0800. The molecule has 1 N–H and O–H groups in total. The Kier molecular flexibility index (Phi) is 4.87. The molecule has 100 valence electrons. The zero-order valence-corrected chi connectivity index (χ0v) is 11.9. The lowest BCUT2D eigenvalue weighted by molar-refractivity contribution is 0.0298. The predicted octanol–water partition coefficient (Wildman–Crippen LogP) is 2.89. The van der Waals surface area contributed by atoms with Crippen LogP contribution in [0.5, 0.6) is 0 Å². The minimum atomic E-state index is 0.793. The lowest BCUT2D eigenvalue weighted by Gasteiger charge is -2.47. The molecule has 2 aliphatic rings. The van der Waals surface area contributed by atoms with Crippen molar-refractivity contribution < 1.29 is 0 Å². The standard InChI is InChI=1S/C15H30N2/c1-4-17(14-9-6-10-16-11-14)15-12(2)7-5-8-13(15)3/h12-16H,4-11H2,1-3H3. The first-order valence-electron chi connectivity index (χ1n) is 7.70. The Morgan fingerprint density at radius 2 is 1.76 bits per heavy atom. The summed E-state index contributed by atoms with van der Waals surface area (Å²) in [6.45, 7) is 11.0. The summed E-state index contributed by atoms with van der Waals surface area (Å²) in [5, 5.41) is 3.58. The number of rotatable bonds is 3. The van der Waals surface area contributed by atoms with Crippen LogP contribution in [0.1, 0.15) is 52.9 Å². The summed E-state index contributed by atoms with van der Waals surface area (Å²) in [5.41, 5.74) is 0. The molecule has 2 nitrogen and oxygen atoms in total. The lowest BCUT2D eigenvalue weighted by atomic mass is 9.77. The first kappa shape index (κ1) is 13.4. The van der Waals surface area contributed by atoms with E-state index < -0.39 is 0 Å². The second-order valence-electron chi connectivity index (χ2n) is 6.21. The lowest BCUT2D eigenvalue weighted by Crippen LogP contribution is -2.55. The van der Waals surface area contributed by atoms with E-state index in [1.807, 2.05) is 0 Å². The van der Waals surface area contributed by atoms with E-state index in [4.69, 9.17) is 0 Å². The molecule has 1 saturated heterocycles. The van der Waals surface area contributed by atoms with E-state index in [1.54, 1.807) is 0 Å². The first-order valence-corrected chi connectivity index (χ1v) is 7.70. The molecule has 1 saturated carbocycles. The van der Waals surface area contributed by atoms with Crippen molar-refractivity contribution in [3.8, 4) is 0 Å². The van der Waals surface area contributed by atoms with Crippen LogP contribution in [0.4, 0.5) is 0 Å². The molecule has 1 aliphatic carbocycles. The van der Waals surface area contributed by atoms with Gasteiger partial charge in [-0.2, -0.15) is 0 Å². The number of hydrogen-bond donors (Lipinski definition) is 1. The zero-order valence-electron chi connectivity index (χ0n) is 11.9. The normalized spacial score (nSPS) is 39.5. The minimum Gasteiger partial charge on any atom is -0.315 e. The third kappa shape index (κ3) is 3.03. The van der Waals surface area contributed by atoms with Gasteiger partial charge < -0.3 is 5.32 Å². The maximum atomic E-state index is 3.58. The second-order valence-corrected chi connectivity index (χ2v) is 6.21. The first-order chi connectivity index (χ1) is 8.24. The SMILES string of the molecule is CCN(C1CCCNC1)C1C(C)CCCC1C. The van der Waals surface area contributed by atoms with Crippen molar-refractivity contribution in [3.63, 3.8) is 0 Å². The molecule has 17 heavy (non-hydrogen) atoms. The summed E-state index contributed by atoms with van der Waals surface area (Å²) in [7, 11) is 0. The molecule has 0 radical (unpaired) electrons. The van der Waals surface area contributed by atoms with Crippen molar-refractivity contribution in [3.05, 3.63) is 0 Å². The third-order valence-corrected chi connectivity index (χ3v) is 4.97. The molecule has 1 aliphatic heterocycles. The Bertz CT molecular complexity index is 213. The molecular weight excluding hydrogens is 208 g/mol. The number of nitrogens with zero attached hydrogens (tertiary/aromatic N) is 1. The number of piperidine rings is 1. The summed E-state index contributed by atoms with van der Waals surface area (Å²) < 4.78 is 0. The van der Waals surface area contributed by atoms with Gasteiger partial charge in [-0.1, -0.05) is 27.2 Å². The molecule has 1 heterocycles. The van der Waals surface area contributed by atoms with Gasteiger partial charge in [0.2, 0.25) is 0 Å². The average molecular weight is 238 g/mol. The molecule has 3 unspecified atom stereocenters. The number of hydrogen-bond acceptors (Lipinski definition) is 2. The second kappa shape index (κ2) is 6.19. The van der Waals surface area contributed by atoms with Gasteiger partial charge in [0.1, 0.15) is 0 Å². The summed E-state index contributed by atoms with van der Waals surface area (Å²) in [6, 6.07) is 1.63. The third-order valence-electron chi connectivity index (χ3n) is 4.97. The quantitative estimate of drug-likeness (QED) is 0.813. The van der Waals surface area contributed by atoms with Gasteiger partial charge in [-0.3, -0.25) is 4.90 Å². The van der Waals surface area contributed by atoms with Crippen molar-refractivity contribution in [2.45, 2.75) is 65.0 Å². The topological polar surface area (TPSA) is 15.3 Å². The molecule has 3 atom stereocenters. The Labute approximate surface area is 107 Å². The van der Waals surface area contributed by atoms with E-state index in [0.29, 0.717) is 0 Å². The summed E-state index contributed by atoms with van der Waals surface area (Å²) in [6.07, 6.45) is 7.07. The van der Waals surface area contributed by atoms with Crippen LogP contribution in [-0.2, 0) is 0 Å². The predicted molar refractivity (Wildman–Crippen MR) is 74.2 cm³/mol. The van der Waals surface area contributed by atoms with Crippen LogP contribution in [0.15, 0.2) is 0 Å². The van der Waals surface area contributed by atoms with Gasteiger partial charge in [0.05, 0.1) is 0 Å². The van der Waals surface area contributed by atoms with Crippen LogP contribution < -0.4 is 5.32 Å². The Morgan fingerprint density at radius 1 is 1.06 bits per heavy atom. The van der Waals surface area contributed by atoms with E-state index in [0.717, 1.165) is 23.9 Å². The van der Waals surface area contributed by atoms with Gasteiger partial charge in [-0.15, -0.1) is 0 Å². The van der Waals surface area contributed by atoms with Crippen LogP contribution in [0.2, 0.25) is 0 Å². The molecule has 0 aromatic rings. The number of likely N-dealkylation sites (N-methyl/N-ethyl adjacent to an activating group) is 1. The van der Waals surface area contributed by atoms with Crippen LogP contribution in [0.3, 0.4) is 0 Å². The van der Waals surface area contributed by atoms with Gasteiger partial charge in [-0.25, -0.2) is 0 Å². The molecule has 0 spiro atoms. The fraction of sp³-hybridized carbons (Fsp3) is 1.00. The van der Waals surface area contributed by atoms with Gasteiger partial charge in [-0.05, 0) is 50.6 Å². The van der Waals surface area contributed by atoms with E-state index in [1.165, 1.54) is 51.7 Å². The Morgan fingerprint density at radius 3 is 2.29 bits per heavy atom. The molecule has 0 bridgehead atoms. The van der Waals surface area contributed by atoms with Crippen molar-refractivity contribution in [2.75, 3.05) is 19.6 Å². The highest BCUT2D eigenvalue weighted by Crippen LogP contribution is 2.34. The average Bonchev–Trinajstić information content (AvgIpc) is 2.35. The Balaban J connectivity index is 2.04. The largest absolute Gasteiger partial charge is 0.315 e. The molecule has 0 aromatic carbocycles. The van der Waals surface area contributed by atoms with Crippen molar-refractivity contribution in [1.29, 1.82) is 0 Å².